The number of benzene rings is 2. The molecule has 1 heterocycles. The monoisotopic (exact) mass is 390 g/mol. The molecule has 0 radical (unpaired) electrons. The minimum atomic E-state index is -1.05. The molecule has 0 saturated carbocycles. The summed E-state index contributed by atoms with van der Waals surface area (Å²) in [6.07, 6.45) is 0.779. The zero-order valence-electron chi connectivity index (χ0n) is 15.3. The van der Waals surface area contributed by atoms with Gasteiger partial charge < -0.3 is 24.1 Å². The van der Waals surface area contributed by atoms with Crippen LogP contribution in [0, 0.1) is 0 Å². The van der Waals surface area contributed by atoms with E-state index in [1.54, 1.807) is 24.9 Å². The fourth-order valence-corrected chi connectivity index (χ4v) is 3.57. The summed E-state index contributed by atoms with van der Waals surface area (Å²) >= 11 is 1.75. The fourth-order valence-electron chi connectivity index (χ4n) is 2.67. The second-order valence-electron chi connectivity index (χ2n) is 6.14. The molecule has 0 amide bonds. The van der Waals surface area contributed by atoms with Crippen molar-refractivity contribution in [2.45, 2.75) is 24.3 Å². The molecule has 2 aromatic rings. The molecular weight excluding hydrogens is 368 g/mol. The number of rotatable bonds is 7. The lowest BCUT2D eigenvalue weighted by molar-refractivity contribution is 0.0693. The average molecular weight is 390 g/mol. The van der Waals surface area contributed by atoms with Crippen LogP contribution in [0.4, 0.5) is 0 Å². The molecule has 6 nitrogen and oxygen atoms in total. The molecule has 0 fully saturated rings. The van der Waals surface area contributed by atoms with Gasteiger partial charge in [0.05, 0.1) is 18.8 Å². The Morgan fingerprint density at radius 3 is 2.81 bits per heavy atom. The van der Waals surface area contributed by atoms with Crippen molar-refractivity contribution in [3.8, 4) is 23.0 Å². The van der Waals surface area contributed by atoms with Crippen molar-refractivity contribution in [2.24, 2.45) is 0 Å². The summed E-state index contributed by atoms with van der Waals surface area (Å²) < 4.78 is 22.4. The number of carboxylic acids is 1. The summed E-state index contributed by atoms with van der Waals surface area (Å²) in [5, 5.41) is 9.37. The molecule has 27 heavy (non-hydrogen) atoms. The van der Waals surface area contributed by atoms with Gasteiger partial charge in [-0.3, -0.25) is 0 Å². The van der Waals surface area contributed by atoms with E-state index in [0.29, 0.717) is 30.5 Å². The number of ether oxygens (including phenoxy) is 4. The first-order valence-corrected chi connectivity index (χ1v) is 9.65. The Morgan fingerprint density at radius 2 is 2.04 bits per heavy atom. The molecule has 0 spiro atoms. The number of carbonyl (C=O) groups is 1. The van der Waals surface area contributed by atoms with Crippen LogP contribution < -0.4 is 14.2 Å². The van der Waals surface area contributed by atoms with Gasteiger partial charge in [0.2, 0.25) is 0 Å². The molecule has 0 aromatic heterocycles. The van der Waals surface area contributed by atoms with E-state index in [1.165, 1.54) is 12.1 Å². The maximum Gasteiger partial charge on any atom is 0.335 e. The molecule has 1 unspecified atom stereocenters. The Labute approximate surface area is 162 Å². The number of fused-ring (bicyclic) bond motifs is 1. The lowest BCUT2D eigenvalue weighted by atomic mass is 10.2. The molecule has 2 aromatic carbocycles. The molecule has 3 rings (SSSR count). The highest BCUT2D eigenvalue weighted by atomic mass is 32.2. The number of methoxy groups -OCH3 is 1. The summed E-state index contributed by atoms with van der Waals surface area (Å²) in [6.45, 7) is 2.92. The van der Waals surface area contributed by atoms with Crippen molar-refractivity contribution in [1.82, 2.24) is 0 Å². The van der Waals surface area contributed by atoms with Crippen molar-refractivity contribution in [3.63, 3.8) is 0 Å². The number of hydrogen-bond acceptors (Lipinski definition) is 6. The predicted molar refractivity (Wildman–Crippen MR) is 103 cm³/mol. The summed E-state index contributed by atoms with van der Waals surface area (Å²) in [4.78, 5) is 12.5. The maximum absolute atomic E-state index is 11.4. The lowest BCUT2D eigenvalue weighted by Gasteiger charge is -2.16. The highest BCUT2D eigenvalue weighted by Gasteiger charge is 2.14. The molecule has 1 aliphatic heterocycles. The van der Waals surface area contributed by atoms with Crippen molar-refractivity contribution in [2.75, 3.05) is 26.1 Å². The normalized spacial score (nSPS) is 14.4. The van der Waals surface area contributed by atoms with Crippen LogP contribution in [-0.4, -0.2) is 43.3 Å². The van der Waals surface area contributed by atoms with E-state index < -0.39 is 5.97 Å². The maximum atomic E-state index is 11.4. The van der Waals surface area contributed by atoms with E-state index in [0.717, 1.165) is 22.8 Å². The number of carboxylic acid groups (broad SMARTS) is 1. The van der Waals surface area contributed by atoms with E-state index in [4.69, 9.17) is 18.9 Å². The van der Waals surface area contributed by atoms with Crippen LogP contribution in [0.1, 0.15) is 23.7 Å². The average Bonchev–Trinajstić information content (AvgIpc) is 2.86. The highest BCUT2D eigenvalue weighted by Crippen LogP contribution is 2.37. The molecular formula is C20H22O6S. The highest BCUT2D eigenvalue weighted by molar-refractivity contribution is 7.99. The Balaban J connectivity index is 1.84. The topological polar surface area (TPSA) is 74.2 Å². The molecule has 0 bridgehead atoms. The SMILES string of the molecule is COCC(C)Oc1cc(Oc2ccc3c(c2)OCCCS3)cc(C(=O)O)c1. The van der Waals surface area contributed by atoms with Gasteiger partial charge in [-0.25, -0.2) is 4.79 Å². The van der Waals surface area contributed by atoms with E-state index in [1.807, 2.05) is 25.1 Å². The minimum Gasteiger partial charge on any atom is -0.492 e. The fraction of sp³-hybridized carbons (Fsp3) is 0.350. The molecule has 0 aliphatic carbocycles. The summed E-state index contributed by atoms with van der Waals surface area (Å²) in [5.41, 5.74) is 0.0914. The third kappa shape index (κ3) is 5.30. The van der Waals surface area contributed by atoms with Crippen molar-refractivity contribution < 1.29 is 28.8 Å². The van der Waals surface area contributed by atoms with Crippen LogP contribution >= 0.6 is 11.8 Å². The van der Waals surface area contributed by atoms with E-state index in [-0.39, 0.29) is 11.7 Å². The van der Waals surface area contributed by atoms with Crippen LogP contribution in [-0.2, 0) is 4.74 Å². The lowest BCUT2D eigenvalue weighted by Crippen LogP contribution is -2.18. The van der Waals surface area contributed by atoms with Crippen LogP contribution in [0.2, 0.25) is 0 Å². The number of aromatic carboxylic acids is 1. The van der Waals surface area contributed by atoms with Gasteiger partial charge in [-0.15, -0.1) is 11.8 Å². The van der Waals surface area contributed by atoms with Gasteiger partial charge in [-0.1, -0.05) is 0 Å². The molecule has 1 N–H and O–H groups in total. The van der Waals surface area contributed by atoms with Crippen LogP contribution in [0.5, 0.6) is 23.0 Å². The zero-order valence-corrected chi connectivity index (χ0v) is 16.1. The standard InChI is InChI=1S/C20H22O6S/c1-13(12-23-2)25-16-8-14(20(21)22)9-17(10-16)26-15-4-5-19-18(11-15)24-6-3-7-27-19/h4-5,8-11,13H,3,6-7,12H2,1-2H3,(H,21,22). The van der Waals surface area contributed by atoms with Gasteiger partial charge >= 0.3 is 5.97 Å². The molecule has 0 saturated heterocycles. The predicted octanol–water partition coefficient (Wildman–Crippen LogP) is 4.47. The first kappa shape index (κ1) is 19.4. The summed E-state index contributed by atoms with van der Waals surface area (Å²) in [5.74, 6) is 2.14. The Kier molecular flexibility index (Phi) is 6.47. The van der Waals surface area contributed by atoms with Crippen LogP contribution in [0.3, 0.4) is 0 Å². The van der Waals surface area contributed by atoms with E-state index in [2.05, 4.69) is 0 Å². The second-order valence-corrected chi connectivity index (χ2v) is 7.28. The van der Waals surface area contributed by atoms with Crippen molar-refractivity contribution in [1.29, 1.82) is 0 Å². The van der Waals surface area contributed by atoms with Gasteiger partial charge in [0.15, 0.2) is 0 Å². The van der Waals surface area contributed by atoms with Gasteiger partial charge in [0, 0.05) is 29.9 Å². The molecule has 7 heteroatoms. The summed E-state index contributed by atoms with van der Waals surface area (Å²) in [7, 11) is 1.58. The first-order valence-electron chi connectivity index (χ1n) is 8.66. The van der Waals surface area contributed by atoms with Gasteiger partial charge in [-0.2, -0.15) is 0 Å². The van der Waals surface area contributed by atoms with Crippen LogP contribution in [0.25, 0.3) is 0 Å². The Bertz CT molecular complexity index is 807. The first-order chi connectivity index (χ1) is 13.0. The van der Waals surface area contributed by atoms with E-state index in [9.17, 15) is 9.90 Å². The quantitative estimate of drug-likeness (QED) is 0.748. The zero-order chi connectivity index (χ0) is 19.2. The number of hydrogen-bond donors (Lipinski definition) is 1. The number of thioether (sulfide) groups is 1. The van der Waals surface area contributed by atoms with Gasteiger partial charge in [0.1, 0.15) is 29.1 Å². The van der Waals surface area contributed by atoms with Gasteiger partial charge in [0.25, 0.3) is 0 Å². The molecule has 1 aliphatic rings. The summed E-state index contributed by atoms with van der Waals surface area (Å²) in [6, 6.07) is 10.2. The van der Waals surface area contributed by atoms with Crippen molar-refractivity contribution in [3.05, 3.63) is 42.0 Å². The van der Waals surface area contributed by atoms with Crippen molar-refractivity contribution >= 4 is 17.7 Å². The Morgan fingerprint density at radius 1 is 1.22 bits per heavy atom. The third-order valence-electron chi connectivity index (χ3n) is 3.82. The third-order valence-corrected chi connectivity index (χ3v) is 4.96. The second kappa shape index (κ2) is 9.01. The molecule has 1 atom stereocenters. The van der Waals surface area contributed by atoms with Crippen LogP contribution in [0.15, 0.2) is 41.3 Å². The van der Waals surface area contributed by atoms with E-state index >= 15 is 0 Å². The minimum absolute atomic E-state index is 0.0914. The largest absolute Gasteiger partial charge is 0.492 e. The Hall–Kier alpha value is -2.38. The van der Waals surface area contributed by atoms with Gasteiger partial charge in [-0.05, 0) is 37.6 Å². The molecule has 144 valence electrons. The smallest absolute Gasteiger partial charge is 0.335 e.